The van der Waals surface area contributed by atoms with E-state index in [1.807, 2.05) is 0 Å². The normalized spacial score (nSPS) is 16.4. The lowest BCUT2D eigenvalue weighted by Gasteiger charge is -2.11. The average Bonchev–Trinajstić information content (AvgIpc) is 3.14. The molecule has 2 aromatic carbocycles. The second-order valence-corrected chi connectivity index (χ2v) is 5.88. The second kappa shape index (κ2) is 7.90. The molecule has 130 valence electrons. The largest absolute Gasteiger partial charge is 0.376 e. The van der Waals surface area contributed by atoms with Gasteiger partial charge in [0, 0.05) is 30.0 Å². The van der Waals surface area contributed by atoms with Crippen LogP contribution in [0.4, 0.5) is 10.1 Å². The molecule has 0 aliphatic carbocycles. The van der Waals surface area contributed by atoms with Gasteiger partial charge in [-0.25, -0.2) is 4.39 Å². The van der Waals surface area contributed by atoms with E-state index in [2.05, 4.69) is 10.6 Å². The Hall–Kier alpha value is -2.73. The molecule has 2 amide bonds. The third-order valence-electron chi connectivity index (χ3n) is 4.03. The predicted molar refractivity (Wildman–Crippen MR) is 92.1 cm³/mol. The van der Waals surface area contributed by atoms with Crippen LogP contribution in [-0.2, 0) is 4.74 Å². The summed E-state index contributed by atoms with van der Waals surface area (Å²) >= 11 is 0. The van der Waals surface area contributed by atoms with E-state index < -0.39 is 5.82 Å². The van der Waals surface area contributed by atoms with Gasteiger partial charge in [-0.05, 0) is 61.4 Å². The molecule has 1 atom stereocenters. The molecule has 1 saturated heterocycles. The zero-order valence-electron chi connectivity index (χ0n) is 13.6. The molecule has 2 aromatic rings. The van der Waals surface area contributed by atoms with Crippen molar-refractivity contribution in [1.82, 2.24) is 5.32 Å². The fourth-order valence-corrected chi connectivity index (χ4v) is 2.62. The Morgan fingerprint density at radius 1 is 1.00 bits per heavy atom. The van der Waals surface area contributed by atoms with Crippen molar-refractivity contribution in [3.63, 3.8) is 0 Å². The molecule has 1 heterocycles. The fourth-order valence-electron chi connectivity index (χ4n) is 2.62. The molecule has 3 rings (SSSR count). The number of hydrogen-bond acceptors (Lipinski definition) is 3. The topological polar surface area (TPSA) is 67.4 Å². The number of rotatable bonds is 5. The number of halogens is 1. The number of carbonyl (C=O) groups is 2. The smallest absolute Gasteiger partial charge is 0.255 e. The molecule has 1 unspecified atom stereocenters. The van der Waals surface area contributed by atoms with Crippen molar-refractivity contribution in [2.75, 3.05) is 18.5 Å². The fraction of sp³-hybridized carbons (Fsp3) is 0.263. The van der Waals surface area contributed by atoms with Gasteiger partial charge in [-0.1, -0.05) is 0 Å². The Kier molecular flexibility index (Phi) is 5.40. The van der Waals surface area contributed by atoms with Crippen molar-refractivity contribution < 1.29 is 18.7 Å². The molecule has 2 N–H and O–H groups in total. The van der Waals surface area contributed by atoms with Gasteiger partial charge in [0.05, 0.1) is 6.10 Å². The molecular formula is C19H19FN2O3. The van der Waals surface area contributed by atoms with Crippen LogP contribution in [0.5, 0.6) is 0 Å². The highest BCUT2D eigenvalue weighted by Gasteiger charge is 2.16. The average molecular weight is 342 g/mol. The molecule has 0 radical (unpaired) electrons. The lowest BCUT2D eigenvalue weighted by atomic mass is 10.1. The van der Waals surface area contributed by atoms with E-state index >= 15 is 0 Å². The van der Waals surface area contributed by atoms with Crippen molar-refractivity contribution in [3.8, 4) is 0 Å². The van der Waals surface area contributed by atoms with Crippen molar-refractivity contribution in [2.24, 2.45) is 0 Å². The molecule has 0 aromatic heterocycles. The first-order chi connectivity index (χ1) is 12.1. The minimum absolute atomic E-state index is 0.0956. The molecule has 25 heavy (non-hydrogen) atoms. The monoisotopic (exact) mass is 342 g/mol. The standard InChI is InChI=1S/C19H19FN2O3/c20-15-7-3-14(4-8-15)19(24)22-16-9-5-13(6-10-16)18(23)21-12-17-2-1-11-25-17/h3-10,17H,1-2,11-12H2,(H,21,23)(H,22,24). The van der Waals surface area contributed by atoms with Crippen LogP contribution in [0.15, 0.2) is 48.5 Å². The van der Waals surface area contributed by atoms with Crippen LogP contribution < -0.4 is 10.6 Å². The van der Waals surface area contributed by atoms with Crippen molar-refractivity contribution in [1.29, 1.82) is 0 Å². The summed E-state index contributed by atoms with van der Waals surface area (Å²) in [5, 5.41) is 5.55. The molecule has 1 fully saturated rings. The van der Waals surface area contributed by atoms with Crippen LogP contribution in [0, 0.1) is 5.82 Å². The van der Waals surface area contributed by atoms with Crippen LogP contribution in [0.1, 0.15) is 33.6 Å². The molecule has 1 aliphatic heterocycles. The van der Waals surface area contributed by atoms with E-state index in [9.17, 15) is 14.0 Å². The second-order valence-electron chi connectivity index (χ2n) is 5.88. The number of amides is 2. The quantitative estimate of drug-likeness (QED) is 0.878. The molecule has 6 heteroatoms. The van der Waals surface area contributed by atoms with E-state index in [-0.39, 0.29) is 17.9 Å². The number of hydrogen-bond donors (Lipinski definition) is 2. The highest BCUT2D eigenvalue weighted by atomic mass is 19.1. The number of carbonyl (C=O) groups excluding carboxylic acids is 2. The predicted octanol–water partition coefficient (Wildman–Crippen LogP) is 2.99. The van der Waals surface area contributed by atoms with Crippen LogP contribution in [0.3, 0.4) is 0 Å². The maximum absolute atomic E-state index is 12.9. The van der Waals surface area contributed by atoms with Gasteiger partial charge >= 0.3 is 0 Å². The summed E-state index contributed by atoms with van der Waals surface area (Å²) in [6, 6.07) is 11.9. The molecule has 0 bridgehead atoms. The minimum atomic E-state index is -0.394. The first-order valence-electron chi connectivity index (χ1n) is 8.18. The summed E-state index contributed by atoms with van der Waals surface area (Å²) in [4.78, 5) is 24.2. The maximum atomic E-state index is 12.9. The van der Waals surface area contributed by atoms with Gasteiger partial charge < -0.3 is 15.4 Å². The van der Waals surface area contributed by atoms with Crippen LogP contribution in [-0.4, -0.2) is 31.1 Å². The van der Waals surface area contributed by atoms with Gasteiger partial charge in [-0.15, -0.1) is 0 Å². The lowest BCUT2D eigenvalue weighted by molar-refractivity contribution is 0.0857. The van der Waals surface area contributed by atoms with Gasteiger partial charge in [-0.2, -0.15) is 0 Å². The Bertz CT molecular complexity index is 738. The van der Waals surface area contributed by atoms with E-state index in [1.165, 1.54) is 24.3 Å². The van der Waals surface area contributed by atoms with Crippen LogP contribution >= 0.6 is 0 Å². The Morgan fingerprint density at radius 2 is 1.64 bits per heavy atom. The van der Waals surface area contributed by atoms with Gasteiger partial charge in [0.25, 0.3) is 11.8 Å². The lowest BCUT2D eigenvalue weighted by Crippen LogP contribution is -2.31. The summed E-state index contributed by atoms with van der Waals surface area (Å²) in [6.07, 6.45) is 2.09. The highest BCUT2D eigenvalue weighted by Crippen LogP contribution is 2.13. The van der Waals surface area contributed by atoms with E-state index in [0.29, 0.717) is 23.4 Å². The number of anilines is 1. The maximum Gasteiger partial charge on any atom is 0.255 e. The zero-order chi connectivity index (χ0) is 17.6. The summed E-state index contributed by atoms with van der Waals surface area (Å²) in [5.74, 6) is -0.905. The van der Waals surface area contributed by atoms with E-state index in [0.717, 1.165) is 19.4 Å². The number of benzene rings is 2. The number of nitrogens with one attached hydrogen (secondary N) is 2. The summed E-state index contributed by atoms with van der Waals surface area (Å²) < 4.78 is 18.3. The van der Waals surface area contributed by atoms with Gasteiger partial charge in [0.1, 0.15) is 5.82 Å². The molecule has 5 nitrogen and oxygen atoms in total. The Balaban J connectivity index is 1.55. The highest BCUT2D eigenvalue weighted by molar-refractivity contribution is 6.04. The van der Waals surface area contributed by atoms with Crippen molar-refractivity contribution >= 4 is 17.5 Å². The summed E-state index contributed by atoms with van der Waals surface area (Å²) in [6.45, 7) is 1.25. The third-order valence-corrected chi connectivity index (χ3v) is 4.03. The first-order valence-corrected chi connectivity index (χ1v) is 8.18. The van der Waals surface area contributed by atoms with Crippen LogP contribution in [0.25, 0.3) is 0 Å². The molecule has 1 aliphatic rings. The van der Waals surface area contributed by atoms with E-state index in [4.69, 9.17) is 4.74 Å². The van der Waals surface area contributed by atoms with Crippen LogP contribution in [0.2, 0.25) is 0 Å². The molecular weight excluding hydrogens is 323 g/mol. The Morgan fingerprint density at radius 3 is 2.28 bits per heavy atom. The third kappa shape index (κ3) is 4.64. The van der Waals surface area contributed by atoms with Gasteiger partial charge in [-0.3, -0.25) is 9.59 Å². The van der Waals surface area contributed by atoms with Gasteiger partial charge in [0.2, 0.25) is 0 Å². The molecule has 0 spiro atoms. The van der Waals surface area contributed by atoms with Gasteiger partial charge in [0.15, 0.2) is 0 Å². The SMILES string of the molecule is O=C(NCC1CCCO1)c1ccc(NC(=O)c2ccc(F)cc2)cc1. The van der Waals surface area contributed by atoms with Crippen molar-refractivity contribution in [2.45, 2.75) is 18.9 Å². The van der Waals surface area contributed by atoms with E-state index in [1.54, 1.807) is 24.3 Å². The van der Waals surface area contributed by atoms with Crippen molar-refractivity contribution in [3.05, 3.63) is 65.5 Å². The zero-order valence-corrected chi connectivity index (χ0v) is 13.6. The Labute approximate surface area is 145 Å². The minimum Gasteiger partial charge on any atom is -0.376 e. The summed E-state index contributed by atoms with van der Waals surface area (Å²) in [5.41, 5.74) is 1.43. The molecule has 0 saturated carbocycles. The number of ether oxygens (including phenoxy) is 1. The first kappa shape index (κ1) is 17.1. The summed E-state index contributed by atoms with van der Waals surface area (Å²) in [7, 11) is 0.